The first-order chi connectivity index (χ1) is 11.4. The largest absolute Gasteiger partial charge is 0.481 e. The Bertz CT molecular complexity index is 654. The molecule has 0 spiro atoms. The minimum atomic E-state index is -0.184. The molecule has 1 saturated heterocycles. The number of rotatable bonds is 4. The second-order valence-corrected chi connectivity index (χ2v) is 6.15. The molecule has 4 nitrogen and oxygen atoms in total. The first-order valence-electron chi connectivity index (χ1n) is 8.42. The molecule has 120 valence electrons. The van der Waals surface area contributed by atoms with Crippen LogP contribution in [0.3, 0.4) is 0 Å². The Morgan fingerprint density at radius 2 is 2.17 bits per heavy atom. The third-order valence-electron chi connectivity index (χ3n) is 4.63. The van der Waals surface area contributed by atoms with Crippen LogP contribution < -0.4 is 10.1 Å². The molecule has 2 heterocycles. The molecule has 0 bridgehead atoms. The van der Waals surface area contributed by atoms with Gasteiger partial charge in [-0.3, -0.25) is 4.98 Å². The lowest BCUT2D eigenvalue weighted by atomic mass is 10.1. The molecule has 1 aliphatic carbocycles. The molecule has 1 aliphatic heterocycles. The summed E-state index contributed by atoms with van der Waals surface area (Å²) in [7, 11) is 0. The maximum atomic E-state index is 6.46. The van der Waals surface area contributed by atoms with Gasteiger partial charge in [0.2, 0.25) is 0 Å². The average molecular weight is 310 g/mol. The van der Waals surface area contributed by atoms with E-state index in [2.05, 4.69) is 28.5 Å². The van der Waals surface area contributed by atoms with Gasteiger partial charge in [0.1, 0.15) is 11.9 Å². The van der Waals surface area contributed by atoms with Gasteiger partial charge in [0.05, 0.1) is 12.3 Å². The molecular weight excluding hydrogens is 288 g/mol. The van der Waals surface area contributed by atoms with Crippen molar-refractivity contribution in [2.45, 2.75) is 31.5 Å². The zero-order chi connectivity index (χ0) is 15.5. The van der Waals surface area contributed by atoms with Gasteiger partial charge in [0.25, 0.3) is 0 Å². The summed E-state index contributed by atoms with van der Waals surface area (Å²) in [4.78, 5) is 4.51. The minimum absolute atomic E-state index is 0.0177. The van der Waals surface area contributed by atoms with Gasteiger partial charge < -0.3 is 14.8 Å². The third kappa shape index (κ3) is 3.09. The normalized spacial score (nSPS) is 21.7. The van der Waals surface area contributed by atoms with Crippen molar-refractivity contribution >= 4 is 0 Å². The molecule has 0 radical (unpaired) electrons. The molecule has 2 aliphatic rings. The van der Waals surface area contributed by atoms with Crippen LogP contribution in [-0.2, 0) is 17.6 Å². The summed E-state index contributed by atoms with van der Waals surface area (Å²) < 4.78 is 12.4. The zero-order valence-corrected chi connectivity index (χ0v) is 13.2. The van der Waals surface area contributed by atoms with Gasteiger partial charge >= 0.3 is 0 Å². The monoisotopic (exact) mass is 310 g/mol. The van der Waals surface area contributed by atoms with Gasteiger partial charge in [-0.05, 0) is 48.6 Å². The van der Waals surface area contributed by atoms with Crippen LogP contribution in [0.25, 0.3) is 0 Å². The molecule has 0 saturated carbocycles. The zero-order valence-electron chi connectivity index (χ0n) is 13.2. The fourth-order valence-electron chi connectivity index (χ4n) is 3.48. The molecule has 4 heteroatoms. The lowest BCUT2D eigenvalue weighted by molar-refractivity contribution is -0.0449. The summed E-state index contributed by atoms with van der Waals surface area (Å²) >= 11 is 0. The highest BCUT2D eigenvalue weighted by molar-refractivity contribution is 5.43. The summed E-state index contributed by atoms with van der Waals surface area (Å²) in [5, 5.41) is 3.39. The Balaban J connectivity index is 1.64. The van der Waals surface area contributed by atoms with Gasteiger partial charge in [0.15, 0.2) is 6.10 Å². The number of ether oxygens (including phenoxy) is 2. The maximum Gasteiger partial charge on any atom is 0.168 e. The molecule has 1 aromatic heterocycles. The SMILES string of the molecule is c1ccc(C(Oc2cccc3c2CCC3)C2CNCCO2)nc1. The highest BCUT2D eigenvalue weighted by atomic mass is 16.5. The summed E-state index contributed by atoms with van der Waals surface area (Å²) in [6, 6.07) is 12.3. The number of fused-ring (bicyclic) bond motifs is 1. The number of aryl methyl sites for hydroxylation is 1. The van der Waals surface area contributed by atoms with Gasteiger partial charge in [-0.25, -0.2) is 0 Å². The minimum Gasteiger partial charge on any atom is -0.481 e. The Hall–Kier alpha value is -1.91. The highest BCUT2D eigenvalue weighted by Gasteiger charge is 2.30. The van der Waals surface area contributed by atoms with Crippen molar-refractivity contribution in [1.82, 2.24) is 10.3 Å². The molecule has 4 rings (SSSR count). The number of pyridine rings is 1. The van der Waals surface area contributed by atoms with E-state index in [9.17, 15) is 0 Å². The van der Waals surface area contributed by atoms with Gasteiger partial charge in [-0.1, -0.05) is 18.2 Å². The Morgan fingerprint density at radius 1 is 1.17 bits per heavy atom. The summed E-state index contributed by atoms with van der Waals surface area (Å²) in [6.45, 7) is 2.40. The topological polar surface area (TPSA) is 43.4 Å². The van der Waals surface area contributed by atoms with Crippen molar-refractivity contribution in [2.75, 3.05) is 19.7 Å². The quantitative estimate of drug-likeness (QED) is 0.943. The van der Waals surface area contributed by atoms with E-state index in [0.717, 1.165) is 37.4 Å². The van der Waals surface area contributed by atoms with E-state index < -0.39 is 0 Å². The lowest BCUT2D eigenvalue weighted by Gasteiger charge is -2.31. The maximum absolute atomic E-state index is 6.46. The van der Waals surface area contributed by atoms with E-state index in [-0.39, 0.29) is 12.2 Å². The molecule has 1 N–H and O–H groups in total. The van der Waals surface area contributed by atoms with Crippen LogP contribution in [0.2, 0.25) is 0 Å². The van der Waals surface area contributed by atoms with Gasteiger partial charge in [-0.2, -0.15) is 0 Å². The predicted octanol–water partition coefficient (Wildman–Crippen LogP) is 2.68. The van der Waals surface area contributed by atoms with Crippen LogP contribution in [0.5, 0.6) is 5.75 Å². The second-order valence-electron chi connectivity index (χ2n) is 6.15. The fraction of sp³-hybridized carbons (Fsp3) is 0.421. The molecule has 1 aromatic carbocycles. The number of nitrogens with zero attached hydrogens (tertiary/aromatic N) is 1. The summed E-state index contributed by atoms with van der Waals surface area (Å²) in [5.74, 6) is 0.991. The van der Waals surface area contributed by atoms with Crippen LogP contribution in [-0.4, -0.2) is 30.8 Å². The molecule has 2 unspecified atom stereocenters. The number of hydrogen-bond donors (Lipinski definition) is 1. The van der Waals surface area contributed by atoms with Crippen molar-refractivity contribution < 1.29 is 9.47 Å². The van der Waals surface area contributed by atoms with Crippen molar-refractivity contribution in [2.24, 2.45) is 0 Å². The summed E-state index contributed by atoms with van der Waals surface area (Å²) in [5.41, 5.74) is 3.71. The standard InChI is InChI=1S/C19H22N2O2/c1-2-10-21-16(8-1)19(18-13-20-11-12-22-18)23-17-9-4-6-14-5-3-7-15(14)17/h1-2,4,6,8-10,18-20H,3,5,7,11-13H2. The van der Waals surface area contributed by atoms with Crippen LogP contribution in [0.15, 0.2) is 42.6 Å². The highest BCUT2D eigenvalue weighted by Crippen LogP contribution is 2.34. The lowest BCUT2D eigenvalue weighted by Crippen LogP contribution is -2.43. The molecular formula is C19H22N2O2. The van der Waals surface area contributed by atoms with Crippen molar-refractivity contribution in [3.05, 3.63) is 59.4 Å². The van der Waals surface area contributed by atoms with E-state index in [1.807, 2.05) is 24.4 Å². The van der Waals surface area contributed by atoms with E-state index in [4.69, 9.17) is 9.47 Å². The summed E-state index contributed by atoms with van der Waals surface area (Å²) in [6.07, 6.45) is 5.09. The first-order valence-corrected chi connectivity index (χ1v) is 8.42. The molecule has 1 fully saturated rings. The Morgan fingerprint density at radius 3 is 3.00 bits per heavy atom. The smallest absolute Gasteiger partial charge is 0.168 e. The predicted molar refractivity (Wildman–Crippen MR) is 88.7 cm³/mol. The van der Waals surface area contributed by atoms with Crippen molar-refractivity contribution in [3.63, 3.8) is 0 Å². The first kappa shape index (κ1) is 14.7. The number of nitrogens with one attached hydrogen (secondary N) is 1. The van der Waals surface area contributed by atoms with Gasteiger partial charge in [0, 0.05) is 19.3 Å². The molecule has 2 atom stereocenters. The number of morpholine rings is 1. The van der Waals surface area contributed by atoms with Gasteiger partial charge in [-0.15, -0.1) is 0 Å². The molecule has 2 aromatic rings. The van der Waals surface area contributed by atoms with Crippen LogP contribution in [0.4, 0.5) is 0 Å². The van der Waals surface area contributed by atoms with E-state index >= 15 is 0 Å². The fourth-order valence-corrected chi connectivity index (χ4v) is 3.48. The van der Waals surface area contributed by atoms with Crippen LogP contribution in [0, 0.1) is 0 Å². The van der Waals surface area contributed by atoms with Crippen LogP contribution >= 0.6 is 0 Å². The number of aromatic nitrogens is 1. The van der Waals surface area contributed by atoms with Crippen molar-refractivity contribution in [3.8, 4) is 5.75 Å². The number of hydrogen-bond acceptors (Lipinski definition) is 4. The van der Waals surface area contributed by atoms with E-state index in [1.54, 1.807) is 0 Å². The Kier molecular flexibility index (Phi) is 4.26. The van der Waals surface area contributed by atoms with Crippen LogP contribution in [0.1, 0.15) is 29.3 Å². The second kappa shape index (κ2) is 6.69. The Labute approximate surface area is 136 Å². The van der Waals surface area contributed by atoms with E-state index in [0.29, 0.717) is 6.61 Å². The number of benzene rings is 1. The van der Waals surface area contributed by atoms with E-state index in [1.165, 1.54) is 17.5 Å². The average Bonchev–Trinajstić information content (AvgIpc) is 3.11. The molecule has 0 amide bonds. The third-order valence-corrected chi connectivity index (χ3v) is 4.63. The van der Waals surface area contributed by atoms with Crippen molar-refractivity contribution in [1.29, 1.82) is 0 Å². The molecule has 23 heavy (non-hydrogen) atoms.